The van der Waals surface area contributed by atoms with Crippen LogP contribution in [0.15, 0.2) is 52.2 Å². The zero-order valence-electron chi connectivity index (χ0n) is 13.9. The van der Waals surface area contributed by atoms with Gasteiger partial charge in [0.1, 0.15) is 0 Å². The minimum atomic E-state index is -0.403. The van der Waals surface area contributed by atoms with Crippen molar-refractivity contribution in [2.75, 3.05) is 0 Å². The van der Waals surface area contributed by atoms with Crippen molar-refractivity contribution in [3.05, 3.63) is 76.0 Å². The minimum absolute atomic E-state index is 0.208. The number of carbonyl (C=O) groups is 1. The quantitative estimate of drug-likeness (QED) is 0.561. The molecule has 1 aromatic carbocycles. The van der Waals surface area contributed by atoms with Gasteiger partial charge in [0.05, 0.1) is 24.7 Å². The van der Waals surface area contributed by atoms with Gasteiger partial charge in [-0.2, -0.15) is 10.2 Å². The molecule has 2 heterocycles. The summed E-state index contributed by atoms with van der Waals surface area (Å²) in [5.74, 6) is -0.194. The fourth-order valence-corrected chi connectivity index (χ4v) is 2.65. The van der Waals surface area contributed by atoms with E-state index in [0.717, 1.165) is 22.5 Å². The maximum absolute atomic E-state index is 11.8. The van der Waals surface area contributed by atoms with E-state index in [1.165, 1.54) is 6.26 Å². The zero-order valence-corrected chi connectivity index (χ0v) is 14.6. The second-order valence-electron chi connectivity index (χ2n) is 5.51. The molecule has 0 aliphatic heterocycles. The van der Waals surface area contributed by atoms with E-state index in [1.807, 2.05) is 42.8 Å². The van der Waals surface area contributed by atoms with E-state index in [-0.39, 0.29) is 5.76 Å². The topological polar surface area (TPSA) is 72.4 Å². The van der Waals surface area contributed by atoms with Gasteiger partial charge in [-0.05, 0) is 37.6 Å². The molecule has 1 amide bonds. The standard InChI is InChI=1S/C18H17ClN4O2/c1-12-15(10-20-21-18(24)17-8-5-9-25-17)13(2)23(22-12)11-14-6-3-4-7-16(14)19/h3-10H,11H2,1-2H3,(H,21,24)/b20-10+. The lowest BCUT2D eigenvalue weighted by Gasteiger charge is -2.06. The van der Waals surface area contributed by atoms with Gasteiger partial charge in [-0.1, -0.05) is 29.8 Å². The number of rotatable bonds is 5. The van der Waals surface area contributed by atoms with Gasteiger partial charge >= 0.3 is 5.91 Å². The fourth-order valence-electron chi connectivity index (χ4n) is 2.46. The molecule has 0 bridgehead atoms. The highest BCUT2D eigenvalue weighted by Gasteiger charge is 2.12. The van der Waals surface area contributed by atoms with Crippen molar-refractivity contribution in [2.45, 2.75) is 20.4 Å². The number of hydrazone groups is 1. The maximum Gasteiger partial charge on any atom is 0.307 e. The lowest BCUT2D eigenvalue weighted by Crippen LogP contribution is -2.16. The summed E-state index contributed by atoms with van der Waals surface area (Å²) in [6, 6.07) is 10.9. The maximum atomic E-state index is 11.8. The molecule has 0 radical (unpaired) electrons. The Labute approximate surface area is 150 Å². The second kappa shape index (κ2) is 7.36. The van der Waals surface area contributed by atoms with E-state index in [1.54, 1.807) is 18.3 Å². The summed E-state index contributed by atoms with van der Waals surface area (Å²) >= 11 is 6.22. The number of aryl methyl sites for hydroxylation is 1. The number of benzene rings is 1. The van der Waals surface area contributed by atoms with Crippen LogP contribution in [0.1, 0.15) is 33.1 Å². The van der Waals surface area contributed by atoms with Crippen LogP contribution < -0.4 is 5.43 Å². The number of nitrogens with zero attached hydrogens (tertiary/aromatic N) is 3. The first kappa shape index (κ1) is 17.0. The average Bonchev–Trinajstić information content (AvgIpc) is 3.21. The highest BCUT2D eigenvalue weighted by atomic mass is 35.5. The van der Waals surface area contributed by atoms with Crippen molar-refractivity contribution in [1.29, 1.82) is 0 Å². The van der Waals surface area contributed by atoms with Gasteiger partial charge in [0.15, 0.2) is 5.76 Å². The van der Waals surface area contributed by atoms with Crippen LogP contribution in [0.3, 0.4) is 0 Å². The van der Waals surface area contributed by atoms with Gasteiger partial charge in [0, 0.05) is 16.3 Å². The molecule has 2 aromatic heterocycles. The highest BCUT2D eigenvalue weighted by Crippen LogP contribution is 2.18. The molecule has 1 N–H and O–H groups in total. The Morgan fingerprint density at radius 2 is 2.12 bits per heavy atom. The third kappa shape index (κ3) is 3.80. The molecule has 0 fully saturated rings. The summed E-state index contributed by atoms with van der Waals surface area (Å²) in [7, 11) is 0. The Hall–Kier alpha value is -2.86. The zero-order chi connectivity index (χ0) is 17.8. The molecule has 0 aliphatic rings. The van der Waals surface area contributed by atoms with Gasteiger partial charge in [-0.25, -0.2) is 5.43 Å². The number of nitrogens with one attached hydrogen (secondary N) is 1. The average molecular weight is 357 g/mol. The normalized spacial score (nSPS) is 11.2. The monoisotopic (exact) mass is 356 g/mol. The third-order valence-corrected chi connectivity index (χ3v) is 4.19. The van der Waals surface area contributed by atoms with E-state index in [4.69, 9.17) is 16.0 Å². The molecule has 3 rings (SSSR count). The van der Waals surface area contributed by atoms with E-state index in [0.29, 0.717) is 11.6 Å². The smallest absolute Gasteiger partial charge is 0.307 e. The predicted molar refractivity (Wildman–Crippen MR) is 96.0 cm³/mol. The molecular formula is C18H17ClN4O2. The molecule has 0 saturated heterocycles. The summed E-state index contributed by atoms with van der Waals surface area (Å²) in [5.41, 5.74) is 6.04. The predicted octanol–water partition coefficient (Wildman–Crippen LogP) is 3.56. The molecule has 25 heavy (non-hydrogen) atoms. The Morgan fingerprint density at radius 1 is 1.32 bits per heavy atom. The van der Waals surface area contributed by atoms with Crippen molar-refractivity contribution >= 4 is 23.7 Å². The fraction of sp³-hybridized carbons (Fsp3) is 0.167. The number of halogens is 1. The summed E-state index contributed by atoms with van der Waals surface area (Å²) in [6.45, 7) is 4.41. The molecule has 0 atom stereocenters. The van der Waals surface area contributed by atoms with E-state index < -0.39 is 5.91 Å². The van der Waals surface area contributed by atoms with Crippen molar-refractivity contribution in [2.24, 2.45) is 5.10 Å². The molecule has 0 spiro atoms. The lowest BCUT2D eigenvalue weighted by molar-refractivity contribution is 0.0927. The first-order valence-corrected chi connectivity index (χ1v) is 8.08. The number of aromatic nitrogens is 2. The lowest BCUT2D eigenvalue weighted by atomic mass is 10.2. The molecule has 7 heteroatoms. The summed E-state index contributed by atoms with van der Waals surface area (Å²) in [6.07, 6.45) is 3.02. The number of amides is 1. The minimum Gasteiger partial charge on any atom is -0.459 e. The van der Waals surface area contributed by atoms with Crippen LogP contribution in [0.4, 0.5) is 0 Å². The number of furan rings is 1. The van der Waals surface area contributed by atoms with Crippen LogP contribution in [-0.4, -0.2) is 21.9 Å². The Kier molecular flexibility index (Phi) is 5.00. The van der Waals surface area contributed by atoms with Crippen molar-refractivity contribution in [1.82, 2.24) is 15.2 Å². The van der Waals surface area contributed by atoms with Gasteiger partial charge in [-0.15, -0.1) is 0 Å². The second-order valence-corrected chi connectivity index (χ2v) is 5.92. The highest BCUT2D eigenvalue weighted by molar-refractivity contribution is 6.31. The van der Waals surface area contributed by atoms with Crippen LogP contribution >= 0.6 is 11.6 Å². The third-order valence-electron chi connectivity index (χ3n) is 3.82. The molecule has 3 aromatic rings. The largest absolute Gasteiger partial charge is 0.459 e. The number of hydrogen-bond acceptors (Lipinski definition) is 4. The van der Waals surface area contributed by atoms with Crippen molar-refractivity contribution in [3.8, 4) is 0 Å². The Bertz CT molecular complexity index is 913. The molecule has 128 valence electrons. The van der Waals surface area contributed by atoms with Gasteiger partial charge in [0.25, 0.3) is 0 Å². The number of hydrogen-bond donors (Lipinski definition) is 1. The SMILES string of the molecule is Cc1nn(Cc2ccccc2Cl)c(C)c1/C=N/NC(=O)c1ccco1. The van der Waals surface area contributed by atoms with E-state index >= 15 is 0 Å². The van der Waals surface area contributed by atoms with Crippen LogP contribution in [0.2, 0.25) is 5.02 Å². The summed E-state index contributed by atoms with van der Waals surface area (Å²) in [4.78, 5) is 11.8. The van der Waals surface area contributed by atoms with Crippen LogP contribution in [0.5, 0.6) is 0 Å². The molecule has 0 saturated carbocycles. The molecule has 0 unspecified atom stereocenters. The summed E-state index contributed by atoms with van der Waals surface area (Å²) < 4.78 is 6.88. The summed E-state index contributed by atoms with van der Waals surface area (Å²) in [5, 5.41) is 9.23. The van der Waals surface area contributed by atoms with Crippen LogP contribution in [0, 0.1) is 13.8 Å². The number of carbonyl (C=O) groups excluding carboxylic acids is 1. The van der Waals surface area contributed by atoms with Crippen LogP contribution in [0.25, 0.3) is 0 Å². The van der Waals surface area contributed by atoms with E-state index in [9.17, 15) is 4.79 Å². The van der Waals surface area contributed by atoms with Gasteiger partial charge < -0.3 is 4.42 Å². The molecular weight excluding hydrogens is 340 g/mol. The Morgan fingerprint density at radius 3 is 2.84 bits per heavy atom. The first-order chi connectivity index (χ1) is 12.1. The van der Waals surface area contributed by atoms with Gasteiger partial charge in [0.2, 0.25) is 0 Å². The Balaban J connectivity index is 1.74. The van der Waals surface area contributed by atoms with Gasteiger partial charge in [-0.3, -0.25) is 9.48 Å². The van der Waals surface area contributed by atoms with E-state index in [2.05, 4.69) is 15.6 Å². The van der Waals surface area contributed by atoms with Crippen LogP contribution in [-0.2, 0) is 6.54 Å². The molecule has 6 nitrogen and oxygen atoms in total. The molecule has 0 aliphatic carbocycles. The first-order valence-electron chi connectivity index (χ1n) is 7.70. The van der Waals surface area contributed by atoms with Crippen molar-refractivity contribution < 1.29 is 9.21 Å². The van der Waals surface area contributed by atoms with Crippen molar-refractivity contribution in [3.63, 3.8) is 0 Å².